The van der Waals surface area contributed by atoms with Gasteiger partial charge in [-0.2, -0.15) is 5.10 Å². The second-order valence-electron chi connectivity index (χ2n) is 10.0. The molecule has 3 aromatic heterocycles. The molecule has 6 rings (SSSR count). The number of fused-ring (bicyclic) bond motifs is 1. The highest BCUT2D eigenvalue weighted by Gasteiger charge is 2.20. The number of carbonyl (C=O) groups is 2. The van der Waals surface area contributed by atoms with E-state index in [1.165, 1.54) is 6.08 Å². The number of aromatic nitrogens is 4. The van der Waals surface area contributed by atoms with Crippen molar-refractivity contribution in [3.63, 3.8) is 0 Å². The molecule has 222 valence electrons. The molecule has 0 unspecified atom stereocenters. The minimum Gasteiger partial charge on any atom is -0.324 e. The Balaban J connectivity index is 1.22. The highest BCUT2D eigenvalue weighted by atomic mass is 35.5. The highest BCUT2D eigenvalue weighted by Crippen LogP contribution is 2.38. The van der Waals surface area contributed by atoms with Crippen molar-refractivity contribution in [2.75, 3.05) is 16.0 Å². The predicted molar refractivity (Wildman–Crippen MR) is 179 cm³/mol. The van der Waals surface area contributed by atoms with E-state index in [0.29, 0.717) is 39.3 Å². The zero-order valence-electron chi connectivity index (χ0n) is 24.2. The van der Waals surface area contributed by atoms with Gasteiger partial charge in [0.15, 0.2) is 0 Å². The predicted octanol–water partition coefficient (Wildman–Crippen LogP) is 8.01. The van der Waals surface area contributed by atoms with Crippen molar-refractivity contribution >= 4 is 51.9 Å². The number of nitrogens with zero attached hydrogens (tertiary/aromatic N) is 4. The van der Waals surface area contributed by atoms with Crippen LogP contribution in [0.5, 0.6) is 0 Å². The van der Waals surface area contributed by atoms with Crippen molar-refractivity contribution in [3.8, 4) is 22.5 Å². The van der Waals surface area contributed by atoms with Gasteiger partial charge in [0.25, 0.3) is 5.91 Å². The van der Waals surface area contributed by atoms with Crippen LogP contribution in [0.25, 0.3) is 28.0 Å². The minimum absolute atomic E-state index is 0.217. The number of hydrogen-bond donors (Lipinski definition) is 3. The van der Waals surface area contributed by atoms with Crippen LogP contribution in [0.3, 0.4) is 0 Å². The van der Waals surface area contributed by atoms with E-state index in [-0.39, 0.29) is 11.8 Å². The molecule has 0 spiro atoms. The van der Waals surface area contributed by atoms with Gasteiger partial charge in [0.1, 0.15) is 5.69 Å². The van der Waals surface area contributed by atoms with Crippen LogP contribution in [0.2, 0.25) is 5.02 Å². The van der Waals surface area contributed by atoms with Gasteiger partial charge >= 0.3 is 0 Å². The van der Waals surface area contributed by atoms with Gasteiger partial charge in [-0.05, 0) is 67.1 Å². The average molecular weight is 614 g/mol. The van der Waals surface area contributed by atoms with Gasteiger partial charge in [-0.25, -0.2) is 14.5 Å². The molecule has 0 saturated heterocycles. The summed E-state index contributed by atoms with van der Waals surface area (Å²) in [5, 5.41) is 14.1. The summed E-state index contributed by atoms with van der Waals surface area (Å²) < 4.78 is 1.81. The van der Waals surface area contributed by atoms with Crippen LogP contribution in [0, 0.1) is 0 Å². The van der Waals surface area contributed by atoms with Crippen LogP contribution in [-0.4, -0.2) is 31.4 Å². The molecule has 3 N–H and O–H groups in total. The van der Waals surface area contributed by atoms with Crippen LogP contribution < -0.4 is 16.0 Å². The Labute approximate surface area is 264 Å². The summed E-state index contributed by atoms with van der Waals surface area (Å²) in [6.07, 6.45) is 7.49. The van der Waals surface area contributed by atoms with E-state index in [0.717, 1.165) is 28.8 Å². The lowest BCUT2D eigenvalue weighted by atomic mass is 10.0. The Morgan fingerprint density at radius 2 is 1.62 bits per heavy atom. The molecule has 0 bridgehead atoms. The smallest absolute Gasteiger partial charge is 0.255 e. The topological polar surface area (TPSA) is 113 Å². The van der Waals surface area contributed by atoms with Crippen molar-refractivity contribution in [2.24, 2.45) is 0 Å². The van der Waals surface area contributed by atoms with E-state index < -0.39 is 0 Å². The second-order valence-corrected chi connectivity index (χ2v) is 10.5. The zero-order valence-corrected chi connectivity index (χ0v) is 25.0. The number of hydrogen-bond acceptors (Lipinski definition) is 6. The fraction of sp³-hybridized carbons (Fsp3) is 0.0571. The maximum atomic E-state index is 13.0. The van der Waals surface area contributed by atoms with E-state index in [2.05, 4.69) is 20.9 Å². The maximum absolute atomic E-state index is 13.0. The molecule has 0 aliphatic carbocycles. The lowest BCUT2D eigenvalue weighted by Crippen LogP contribution is -2.12. The van der Waals surface area contributed by atoms with Gasteiger partial charge < -0.3 is 16.0 Å². The molecule has 2 amide bonds. The van der Waals surface area contributed by atoms with Gasteiger partial charge in [-0.15, -0.1) is 0 Å². The van der Waals surface area contributed by atoms with E-state index in [1.54, 1.807) is 48.7 Å². The number of pyridine rings is 1. The van der Waals surface area contributed by atoms with Gasteiger partial charge in [0.2, 0.25) is 11.9 Å². The monoisotopic (exact) mass is 613 g/mol. The number of halogens is 1. The third-order valence-electron chi connectivity index (χ3n) is 6.86. The first-order valence-corrected chi connectivity index (χ1v) is 14.7. The molecule has 0 aliphatic heterocycles. The highest BCUT2D eigenvalue weighted by molar-refractivity contribution is 6.33. The van der Waals surface area contributed by atoms with Crippen LogP contribution in [0.4, 0.5) is 23.0 Å². The van der Waals surface area contributed by atoms with Gasteiger partial charge in [-0.3, -0.25) is 9.59 Å². The molecule has 0 saturated carbocycles. The molecule has 0 fully saturated rings. The number of amides is 2. The largest absolute Gasteiger partial charge is 0.324 e. The molecular weight excluding hydrogens is 586 g/mol. The lowest BCUT2D eigenvalue weighted by molar-refractivity contribution is -0.111. The summed E-state index contributed by atoms with van der Waals surface area (Å²) in [4.78, 5) is 34.1. The van der Waals surface area contributed by atoms with Gasteiger partial charge in [-0.1, -0.05) is 67.1 Å². The Morgan fingerprint density at radius 3 is 2.42 bits per heavy atom. The molecule has 6 aromatic rings. The molecule has 0 aliphatic rings. The van der Waals surface area contributed by atoms with Crippen LogP contribution in [0.1, 0.15) is 23.7 Å². The summed E-state index contributed by atoms with van der Waals surface area (Å²) in [5.74, 6) is -0.175. The van der Waals surface area contributed by atoms with Crippen molar-refractivity contribution < 1.29 is 9.59 Å². The van der Waals surface area contributed by atoms with E-state index in [1.807, 2.05) is 78.3 Å². The first kappa shape index (κ1) is 29.3. The summed E-state index contributed by atoms with van der Waals surface area (Å²) >= 11 is 6.68. The van der Waals surface area contributed by atoms with Crippen molar-refractivity contribution in [3.05, 3.63) is 132 Å². The Morgan fingerprint density at radius 1 is 0.844 bits per heavy atom. The first-order chi connectivity index (χ1) is 22.0. The maximum Gasteiger partial charge on any atom is 0.255 e. The third kappa shape index (κ3) is 6.74. The molecule has 3 heterocycles. The number of allylic oxidation sites excluding steroid dienone is 1. The molecule has 45 heavy (non-hydrogen) atoms. The Kier molecular flexibility index (Phi) is 8.61. The fourth-order valence-electron chi connectivity index (χ4n) is 4.75. The average Bonchev–Trinajstić information content (AvgIpc) is 3.45. The standard InChI is InChI=1S/C35H28ClN7O2/c1-2-3-15-30(44)38-25-18-16-24(17-19-25)34(45)39-26-12-9-13-27(21-26)40-35-37-22-28(36)33(41-35)31-29-14-7-8-20-43(29)42-32(31)23-10-5-4-6-11-23/h3-22H,2H2,1H3,(H,38,44)(H,39,45)(H,37,40,41)/b15-3+. The Hall–Kier alpha value is -5.80. The van der Waals surface area contributed by atoms with Crippen molar-refractivity contribution in [1.29, 1.82) is 0 Å². The summed E-state index contributed by atoms with van der Waals surface area (Å²) in [6.45, 7) is 1.95. The lowest BCUT2D eigenvalue weighted by Gasteiger charge is -2.11. The molecule has 9 nitrogen and oxygen atoms in total. The van der Waals surface area contributed by atoms with E-state index in [9.17, 15) is 9.59 Å². The van der Waals surface area contributed by atoms with Crippen LogP contribution in [-0.2, 0) is 4.79 Å². The number of benzene rings is 3. The fourth-order valence-corrected chi connectivity index (χ4v) is 4.94. The third-order valence-corrected chi connectivity index (χ3v) is 7.14. The number of nitrogens with one attached hydrogen (secondary N) is 3. The quantitative estimate of drug-likeness (QED) is 0.142. The normalized spacial score (nSPS) is 11.1. The molecule has 3 aromatic carbocycles. The molecule has 0 radical (unpaired) electrons. The van der Waals surface area contributed by atoms with Crippen molar-refractivity contribution in [1.82, 2.24) is 19.6 Å². The number of carbonyl (C=O) groups excluding carboxylic acids is 2. The van der Waals surface area contributed by atoms with Crippen LogP contribution >= 0.6 is 11.6 Å². The van der Waals surface area contributed by atoms with E-state index in [4.69, 9.17) is 21.7 Å². The number of rotatable bonds is 9. The first-order valence-electron chi connectivity index (χ1n) is 14.3. The molecule has 10 heteroatoms. The van der Waals surface area contributed by atoms with Gasteiger partial charge in [0, 0.05) is 34.4 Å². The molecule has 0 atom stereocenters. The summed E-state index contributed by atoms with van der Waals surface area (Å²) in [7, 11) is 0. The molecular formula is C35H28ClN7O2. The zero-order chi connectivity index (χ0) is 31.2. The summed E-state index contributed by atoms with van der Waals surface area (Å²) in [6, 6.07) is 29.6. The van der Waals surface area contributed by atoms with Crippen molar-refractivity contribution in [2.45, 2.75) is 13.3 Å². The van der Waals surface area contributed by atoms with Crippen LogP contribution in [0.15, 0.2) is 122 Å². The summed E-state index contributed by atoms with van der Waals surface area (Å²) in [5.41, 5.74) is 6.18. The second kappa shape index (κ2) is 13.2. The number of anilines is 4. The minimum atomic E-state index is -0.289. The SMILES string of the molecule is CC/C=C/C(=O)Nc1ccc(C(=O)Nc2cccc(Nc3ncc(Cl)c(-c4c(-c5ccccc5)nn5ccccc45)n3)c2)cc1. The van der Waals surface area contributed by atoms with Gasteiger partial charge in [0.05, 0.1) is 28.0 Å². The van der Waals surface area contributed by atoms with E-state index >= 15 is 0 Å². The Bertz CT molecular complexity index is 2020.